The Kier molecular flexibility index (Phi) is 6.67. The third-order valence-corrected chi connectivity index (χ3v) is 2.84. The zero-order valence-corrected chi connectivity index (χ0v) is 12.2. The number of anilines is 1. The Bertz CT molecular complexity index is 369. The van der Waals surface area contributed by atoms with Crippen LogP contribution in [0.25, 0.3) is 0 Å². The van der Waals surface area contributed by atoms with Gasteiger partial charge >= 0.3 is 0 Å². The summed E-state index contributed by atoms with van der Waals surface area (Å²) in [5.74, 6) is 1.30. The molecule has 0 saturated heterocycles. The summed E-state index contributed by atoms with van der Waals surface area (Å²) in [7, 11) is 0. The van der Waals surface area contributed by atoms with Gasteiger partial charge in [0.25, 0.3) is 0 Å². The first-order valence-electron chi connectivity index (χ1n) is 6.90. The summed E-state index contributed by atoms with van der Waals surface area (Å²) in [5, 5.41) is 10.00. The van der Waals surface area contributed by atoms with E-state index in [0.717, 1.165) is 13.1 Å². The number of benzene rings is 1. The average molecular weight is 266 g/mol. The van der Waals surface area contributed by atoms with Gasteiger partial charge in [-0.25, -0.2) is 0 Å². The molecule has 0 aliphatic carbocycles. The third-order valence-electron chi connectivity index (χ3n) is 2.84. The largest absolute Gasteiger partial charge is 0.491 e. The number of nitrogen functional groups attached to an aromatic ring is 1. The van der Waals surface area contributed by atoms with Crippen LogP contribution >= 0.6 is 0 Å². The van der Waals surface area contributed by atoms with Crippen molar-refractivity contribution in [2.75, 3.05) is 32.0 Å². The summed E-state index contributed by atoms with van der Waals surface area (Å²) in [5.41, 5.74) is 6.34. The number of aliphatic hydroxyl groups is 1. The second-order valence-electron chi connectivity index (χ2n) is 5.28. The first kappa shape index (κ1) is 15.8. The van der Waals surface area contributed by atoms with Crippen molar-refractivity contribution in [2.45, 2.75) is 26.9 Å². The van der Waals surface area contributed by atoms with Crippen molar-refractivity contribution >= 4 is 5.69 Å². The molecule has 0 aliphatic rings. The molecule has 1 aromatic carbocycles. The van der Waals surface area contributed by atoms with Gasteiger partial charge in [-0.1, -0.05) is 26.8 Å². The molecule has 0 amide bonds. The zero-order valence-electron chi connectivity index (χ0n) is 12.2. The number of hydrogen-bond acceptors (Lipinski definition) is 4. The number of likely N-dealkylation sites (N-methyl/N-ethyl adjacent to an activating group) is 1. The van der Waals surface area contributed by atoms with Crippen LogP contribution in [0.2, 0.25) is 0 Å². The molecule has 4 heteroatoms. The number of nitrogens with two attached hydrogens (primary N) is 1. The van der Waals surface area contributed by atoms with Crippen LogP contribution in [0.1, 0.15) is 20.8 Å². The molecule has 1 aromatic rings. The van der Waals surface area contributed by atoms with Crippen molar-refractivity contribution in [3.05, 3.63) is 24.3 Å². The number of aliphatic hydroxyl groups excluding tert-OH is 1. The van der Waals surface area contributed by atoms with Crippen LogP contribution in [0.5, 0.6) is 5.75 Å². The van der Waals surface area contributed by atoms with Crippen LogP contribution in [0, 0.1) is 5.92 Å². The van der Waals surface area contributed by atoms with Crippen LogP contribution in [0.4, 0.5) is 5.69 Å². The fraction of sp³-hybridized carbons (Fsp3) is 0.600. The minimum Gasteiger partial charge on any atom is -0.491 e. The van der Waals surface area contributed by atoms with E-state index in [9.17, 15) is 5.11 Å². The highest BCUT2D eigenvalue weighted by atomic mass is 16.5. The Morgan fingerprint density at radius 1 is 1.32 bits per heavy atom. The number of rotatable bonds is 8. The molecule has 0 saturated carbocycles. The summed E-state index contributed by atoms with van der Waals surface area (Å²) in [6.45, 7) is 9.32. The van der Waals surface area contributed by atoms with Crippen LogP contribution in [0.15, 0.2) is 24.3 Å². The van der Waals surface area contributed by atoms with Crippen molar-refractivity contribution in [3.8, 4) is 5.75 Å². The highest BCUT2D eigenvalue weighted by Gasteiger charge is 2.12. The van der Waals surface area contributed by atoms with Gasteiger partial charge < -0.3 is 20.5 Å². The molecule has 0 fully saturated rings. The van der Waals surface area contributed by atoms with Crippen LogP contribution in [-0.4, -0.2) is 42.4 Å². The van der Waals surface area contributed by atoms with E-state index in [-0.39, 0.29) is 6.61 Å². The predicted octanol–water partition coefficient (Wildman–Crippen LogP) is 1.99. The maximum atomic E-state index is 10.00. The molecule has 0 heterocycles. The van der Waals surface area contributed by atoms with Crippen molar-refractivity contribution < 1.29 is 9.84 Å². The second kappa shape index (κ2) is 8.02. The van der Waals surface area contributed by atoms with Crippen molar-refractivity contribution in [3.63, 3.8) is 0 Å². The fourth-order valence-corrected chi connectivity index (χ4v) is 2.00. The fourth-order valence-electron chi connectivity index (χ4n) is 2.00. The van der Waals surface area contributed by atoms with E-state index in [0.29, 0.717) is 23.9 Å². The predicted molar refractivity (Wildman–Crippen MR) is 79.3 cm³/mol. The highest BCUT2D eigenvalue weighted by Crippen LogP contribution is 2.14. The normalized spacial score (nSPS) is 12.9. The molecule has 0 bridgehead atoms. The van der Waals surface area contributed by atoms with E-state index >= 15 is 0 Å². The van der Waals surface area contributed by atoms with Gasteiger partial charge in [-0.05, 0) is 24.6 Å². The summed E-state index contributed by atoms with van der Waals surface area (Å²) < 4.78 is 5.54. The van der Waals surface area contributed by atoms with Crippen molar-refractivity contribution in [1.82, 2.24) is 4.90 Å². The lowest BCUT2D eigenvalue weighted by molar-refractivity contribution is 0.0662. The zero-order chi connectivity index (χ0) is 14.3. The minimum absolute atomic E-state index is 0.290. The van der Waals surface area contributed by atoms with E-state index in [1.54, 1.807) is 6.07 Å². The molecule has 0 radical (unpaired) electrons. The van der Waals surface area contributed by atoms with Crippen molar-refractivity contribution in [1.29, 1.82) is 0 Å². The molecule has 19 heavy (non-hydrogen) atoms. The molecule has 3 N–H and O–H groups in total. The Labute approximate surface area is 116 Å². The van der Waals surface area contributed by atoms with Gasteiger partial charge in [-0.15, -0.1) is 0 Å². The molecule has 1 unspecified atom stereocenters. The molecule has 0 aromatic heterocycles. The van der Waals surface area contributed by atoms with E-state index in [1.165, 1.54) is 0 Å². The number of nitrogens with zero attached hydrogens (tertiary/aromatic N) is 1. The van der Waals surface area contributed by atoms with Crippen molar-refractivity contribution in [2.24, 2.45) is 5.92 Å². The quantitative estimate of drug-likeness (QED) is 0.706. The Morgan fingerprint density at radius 2 is 2.05 bits per heavy atom. The van der Waals surface area contributed by atoms with E-state index < -0.39 is 6.10 Å². The lowest BCUT2D eigenvalue weighted by atomic mass is 10.2. The van der Waals surface area contributed by atoms with E-state index in [1.807, 2.05) is 18.2 Å². The van der Waals surface area contributed by atoms with E-state index in [4.69, 9.17) is 10.5 Å². The molecule has 0 aliphatic heterocycles. The summed E-state index contributed by atoms with van der Waals surface area (Å²) in [6.07, 6.45) is -0.486. The van der Waals surface area contributed by atoms with Gasteiger partial charge in [0.15, 0.2) is 0 Å². The monoisotopic (exact) mass is 266 g/mol. The van der Waals surface area contributed by atoms with E-state index in [2.05, 4.69) is 25.7 Å². The summed E-state index contributed by atoms with van der Waals surface area (Å²) in [4.78, 5) is 2.23. The van der Waals surface area contributed by atoms with Gasteiger partial charge in [0, 0.05) is 24.8 Å². The molecule has 0 spiro atoms. The Hall–Kier alpha value is -1.26. The average Bonchev–Trinajstić information content (AvgIpc) is 2.35. The van der Waals surface area contributed by atoms with Gasteiger partial charge in [0.05, 0.1) is 0 Å². The Balaban J connectivity index is 2.36. The van der Waals surface area contributed by atoms with Gasteiger partial charge in [0.2, 0.25) is 0 Å². The molecule has 1 rings (SSSR count). The lowest BCUT2D eigenvalue weighted by Crippen LogP contribution is -2.37. The lowest BCUT2D eigenvalue weighted by Gasteiger charge is -2.25. The molecule has 1 atom stereocenters. The van der Waals surface area contributed by atoms with Crippen LogP contribution < -0.4 is 10.5 Å². The van der Waals surface area contributed by atoms with Gasteiger partial charge in [-0.3, -0.25) is 0 Å². The summed E-state index contributed by atoms with van der Waals surface area (Å²) in [6, 6.07) is 7.26. The summed E-state index contributed by atoms with van der Waals surface area (Å²) >= 11 is 0. The van der Waals surface area contributed by atoms with Crippen LogP contribution in [0.3, 0.4) is 0 Å². The molecular weight excluding hydrogens is 240 g/mol. The Morgan fingerprint density at radius 3 is 2.63 bits per heavy atom. The third kappa shape index (κ3) is 6.45. The number of ether oxygens (including phenoxy) is 1. The molecule has 4 nitrogen and oxygen atoms in total. The maximum absolute atomic E-state index is 10.00. The van der Waals surface area contributed by atoms with Gasteiger partial charge in [0.1, 0.15) is 18.5 Å². The standard InChI is InChI=1S/C15H26N2O2/c1-4-17(9-12(2)3)10-14(18)11-19-15-7-5-6-13(16)8-15/h5-8,12,14,18H,4,9-11,16H2,1-3H3. The minimum atomic E-state index is -0.486. The second-order valence-corrected chi connectivity index (χ2v) is 5.28. The maximum Gasteiger partial charge on any atom is 0.121 e. The smallest absolute Gasteiger partial charge is 0.121 e. The molecular formula is C15H26N2O2. The topological polar surface area (TPSA) is 58.7 Å². The van der Waals surface area contributed by atoms with Gasteiger partial charge in [-0.2, -0.15) is 0 Å². The van der Waals surface area contributed by atoms with Crippen LogP contribution in [-0.2, 0) is 0 Å². The highest BCUT2D eigenvalue weighted by molar-refractivity contribution is 5.43. The first-order chi connectivity index (χ1) is 9.01. The molecule has 108 valence electrons. The SMILES string of the molecule is CCN(CC(C)C)CC(O)COc1cccc(N)c1. The number of hydrogen-bond donors (Lipinski definition) is 2. The first-order valence-corrected chi connectivity index (χ1v) is 6.90.